The molecule has 2 atom stereocenters. The van der Waals surface area contributed by atoms with E-state index in [9.17, 15) is 0 Å². The number of benzene rings is 3. The summed E-state index contributed by atoms with van der Waals surface area (Å²) in [4.78, 5) is 2.95. The standard InChI is InChI=1S/C22H19NO2S/c1-24-18-14-12-16(13-15-18)20-21(25-19-10-6-3-7-11-19)22(26)23(20)17-8-4-2-5-9-17/h2-15,20-21H,1H3/t20-,21+/m0/s1. The summed E-state index contributed by atoms with van der Waals surface area (Å²) in [6.07, 6.45) is -0.180. The SMILES string of the molecule is COc1ccc([C@H]2[C@@H](Oc3ccccc3)C(=S)N2c2ccccc2)cc1. The van der Waals surface area contributed by atoms with Crippen molar-refractivity contribution in [2.24, 2.45) is 0 Å². The molecule has 0 radical (unpaired) electrons. The van der Waals surface area contributed by atoms with Crippen LogP contribution in [-0.2, 0) is 0 Å². The molecule has 0 aliphatic carbocycles. The maximum Gasteiger partial charge on any atom is 0.174 e. The molecule has 3 nitrogen and oxygen atoms in total. The fourth-order valence-corrected chi connectivity index (χ4v) is 3.62. The molecule has 4 rings (SSSR count). The van der Waals surface area contributed by atoms with E-state index in [0.29, 0.717) is 0 Å². The van der Waals surface area contributed by atoms with Gasteiger partial charge in [-0.2, -0.15) is 0 Å². The molecule has 3 aromatic rings. The zero-order valence-corrected chi connectivity index (χ0v) is 15.2. The van der Waals surface area contributed by atoms with Crippen molar-refractivity contribution in [3.8, 4) is 11.5 Å². The lowest BCUT2D eigenvalue weighted by atomic mass is 9.90. The first-order valence-electron chi connectivity index (χ1n) is 8.52. The summed E-state index contributed by atoms with van der Waals surface area (Å²) in [5.41, 5.74) is 2.22. The maximum atomic E-state index is 6.22. The van der Waals surface area contributed by atoms with E-state index in [0.717, 1.165) is 27.7 Å². The molecular weight excluding hydrogens is 342 g/mol. The third kappa shape index (κ3) is 3.04. The Hall–Kier alpha value is -2.85. The van der Waals surface area contributed by atoms with E-state index in [-0.39, 0.29) is 12.1 Å². The highest BCUT2D eigenvalue weighted by atomic mass is 32.1. The van der Waals surface area contributed by atoms with E-state index >= 15 is 0 Å². The second kappa shape index (κ2) is 7.18. The molecule has 1 fully saturated rings. The van der Waals surface area contributed by atoms with E-state index in [2.05, 4.69) is 29.2 Å². The van der Waals surface area contributed by atoms with Gasteiger partial charge in [-0.1, -0.05) is 60.7 Å². The van der Waals surface area contributed by atoms with Crippen LogP contribution in [0.2, 0.25) is 0 Å². The van der Waals surface area contributed by atoms with Crippen LogP contribution in [0.4, 0.5) is 5.69 Å². The second-order valence-corrected chi connectivity index (χ2v) is 6.53. The molecule has 1 aliphatic heterocycles. The molecule has 1 aliphatic rings. The molecule has 26 heavy (non-hydrogen) atoms. The lowest BCUT2D eigenvalue weighted by Crippen LogP contribution is -2.60. The van der Waals surface area contributed by atoms with Gasteiger partial charge < -0.3 is 14.4 Å². The van der Waals surface area contributed by atoms with Crippen LogP contribution in [-0.4, -0.2) is 18.2 Å². The number of anilines is 1. The van der Waals surface area contributed by atoms with Gasteiger partial charge in [-0.05, 0) is 42.0 Å². The second-order valence-electron chi connectivity index (χ2n) is 6.11. The van der Waals surface area contributed by atoms with E-state index in [1.54, 1.807) is 7.11 Å². The van der Waals surface area contributed by atoms with Crippen LogP contribution in [0.15, 0.2) is 84.9 Å². The molecule has 0 aromatic heterocycles. The van der Waals surface area contributed by atoms with Crippen LogP contribution in [0.25, 0.3) is 0 Å². The van der Waals surface area contributed by atoms with Crippen molar-refractivity contribution in [3.63, 3.8) is 0 Å². The van der Waals surface area contributed by atoms with Gasteiger partial charge in [0.25, 0.3) is 0 Å². The zero-order chi connectivity index (χ0) is 17.9. The number of hydrogen-bond acceptors (Lipinski definition) is 3. The minimum atomic E-state index is -0.180. The topological polar surface area (TPSA) is 21.7 Å². The first-order chi connectivity index (χ1) is 12.8. The first-order valence-corrected chi connectivity index (χ1v) is 8.92. The Morgan fingerprint density at radius 3 is 2.00 bits per heavy atom. The highest BCUT2D eigenvalue weighted by Gasteiger charge is 2.47. The van der Waals surface area contributed by atoms with Gasteiger partial charge in [-0.25, -0.2) is 0 Å². The average Bonchev–Trinajstić information content (AvgIpc) is 2.71. The summed E-state index contributed by atoms with van der Waals surface area (Å²) < 4.78 is 11.5. The molecule has 130 valence electrons. The van der Waals surface area contributed by atoms with E-state index < -0.39 is 0 Å². The predicted octanol–water partition coefficient (Wildman–Crippen LogP) is 5.03. The molecule has 3 aromatic carbocycles. The van der Waals surface area contributed by atoms with Crippen LogP contribution < -0.4 is 14.4 Å². The van der Waals surface area contributed by atoms with Crippen molar-refractivity contribution in [2.45, 2.75) is 12.1 Å². The summed E-state index contributed by atoms with van der Waals surface area (Å²) in [5.74, 6) is 1.66. The number of nitrogens with zero attached hydrogens (tertiary/aromatic N) is 1. The number of methoxy groups -OCH3 is 1. The van der Waals surface area contributed by atoms with Crippen LogP contribution >= 0.6 is 12.2 Å². The van der Waals surface area contributed by atoms with Crippen LogP contribution in [0, 0.1) is 0 Å². The Kier molecular flexibility index (Phi) is 4.59. The predicted molar refractivity (Wildman–Crippen MR) is 108 cm³/mol. The minimum absolute atomic E-state index is 0.0241. The Morgan fingerprint density at radius 1 is 0.769 bits per heavy atom. The highest BCUT2D eigenvalue weighted by Crippen LogP contribution is 2.42. The molecular formula is C22H19NO2S. The number of para-hydroxylation sites is 2. The lowest BCUT2D eigenvalue weighted by molar-refractivity contribution is 0.207. The fourth-order valence-electron chi connectivity index (χ4n) is 3.22. The summed E-state index contributed by atoms with van der Waals surface area (Å²) in [5, 5.41) is 0. The molecule has 0 unspecified atom stereocenters. The van der Waals surface area contributed by atoms with Crippen LogP contribution in [0.3, 0.4) is 0 Å². The van der Waals surface area contributed by atoms with Crippen molar-refractivity contribution < 1.29 is 9.47 Å². The Labute approximate surface area is 158 Å². The van der Waals surface area contributed by atoms with E-state index in [4.69, 9.17) is 21.7 Å². The van der Waals surface area contributed by atoms with Crippen molar-refractivity contribution in [3.05, 3.63) is 90.5 Å². The molecule has 1 saturated heterocycles. The van der Waals surface area contributed by atoms with Crippen molar-refractivity contribution in [2.75, 3.05) is 12.0 Å². The smallest absolute Gasteiger partial charge is 0.174 e. The van der Waals surface area contributed by atoms with Crippen molar-refractivity contribution in [1.29, 1.82) is 0 Å². The fraction of sp³-hybridized carbons (Fsp3) is 0.136. The molecule has 0 saturated carbocycles. The van der Waals surface area contributed by atoms with Crippen molar-refractivity contribution in [1.82, 2.24) is 0 Å². The summed E-state index contributed by atoms with van der Waals surface area (Å²) in [6, 6.07) is 28.1. The number of thiocarbonyl (C=S) groups is 1. The average molecular weight is 361 g/mol. The number of rotatable bonds is 5. The van der Waals surface area contributed by atoms with Crippen LogP contribution in [0.1, 0.15) is 11.6 Å². The molecule has 0 N–H and O–H groups in total. The molecule has 0 spiro atoms. The van der Waals surface area contributed by atoms with Crippen LogP contribution in [0.5, 0.6) is 11.5 Å². The monoisotopic (exact) mass is 361 g/mol. The summed E-state index contributed by atoms with van der Waals surface area (Å²) in [6.45, 7) is 0. The molecule has 0 amide bonds. The lowest BCUT2D eigenvalue weighted by Gasteiger charge is -2.49. The van der Waals surface area contributed by atoms with Gasteiger partial charge in [-0.3, -0.25) is 0 Å². The Balaban J connectivity index is 1.67. The normalized spacial score (nSPS) is 19.0. The third-order valence-electron chi connectivity index (χ3n) is 4.54. The molecule has 1 heterocycles. The van der Waals surface area contributed by atoms with Gasteiger partial charge in [0.1, 0.15) is 22.5 Å². The van der Waals surface area contributed by atoms with Gasteiger partial charge >= 0.3 is 0 Å². The van der Waals surface area contributed by atoms with Crippen molar-refractivity contribution >= 4 is 22.9 Å². The Bertz CT molecular complexity index is 881. The molecule has 4 heteroatoms. The maximum absolute atomic E-state index is 6.22. The molecule has 0 bridgehead atoms. The summed E-state index contributed by atoms with van der Waals surface area (Å²) >= 11 is 5.71. The Morgan fingerprint density at radius 2 is 1.38 bits per heavy atom. The van der Waals surface area contributed by atoms with E-state index in [1.807, 2.05) is 60.7 Å². The largest absolute Gasteiger partial charge is 0.497 e. The highest BCUT2D eigenvalue weighted by molar-refractivity contribution is 7.80. The van der Waals surface area contributed by atoms with Gasteiger partial charge in [0.2, 0.25) is 0 Å². The first kappa shape index (κ1) is 16.6. The minimum Gasteiger partial charge on any atom is -0.497 e. The van der Waals surface area contributed by atoms with E-state index in [1.165, 1.54) is 0 Å². The quantitative estimate of drug-likeness (QED) is 0.594. The third-order valence-corrected chi connectivity index (χ3v) is 4.97. The summed E-state index contributed by atoms with van der Waals surface area (Å²) in [7, 11) is 1.67. The number of hydrogen-bond donors (Lipinski definition) is 0. The van der Waals surface area contributed by atoms with Gasteiger partial charge in [0.05, 0.1) is 7.11 Å². The van der Waals surface area contributed by atoms with Gasteiger partial charge in [0, 0.05) is 5.69 Å². The number of ether oxygens (including phenoxy) is 2. The zero-order valence-electron chi connectivity index (χ0n) is 14.4. The van der Waals surface area contributed by atoms with Gasteiger partial charge in [-0.15, -0.1) is 0 Å². The van der Waals surface area contributed by atoms with Gasteiger partial charge in [0.15, 0.2) is 6.10 Å².